The molecule has 0 spiro atoms. The number of halogens is 1. The van der Waals surface area contributed by atoms with E-state index in [4.69, 9.17) is 4.74 Å². The topological polar surface area (TPSA) is 72.6 Å². The number of nitrogens with zero attached hydrogens (tertiary/aromatic N) is 5. The molecule has 1 amide bonds. The van der Waals surface area contributed by atoms with Crippen LogP contribution >= 0.6 is 0 Å². The number of amides is 1. The van der Waals surface area contributed by atoms with E-state index < -0.39 is 0 Å². The van der Waals surface area contributed by atoms with E-state index in [1.807, 2.05) is 34.9 Å². The van der Waals surface area contributed by atoms with E-state index in [1.54, 1.807) is 36.5 Å². The van der Waals surface area contributed by atoms with E-state index in [0.717, 1.165) is 5.69 Å². The van der Waals surface area contributed by atoms with Gasteiger partial charge in [0.1, 0.15) is 11.5 Å². The van der Waals surface area contributed by atoms with Crippen LogP contribution < -0.4 is 10.5 Å². The summed E-state index contributed by atoms with van der Waals surface area (Å²) in [6.07, 6.45) is 3.48. The fourth-order valence-electron chi connectivity index (χ4n) is 4.38. The fourth-order valence-corrected chi connectivity index (χ4v) is 4.38. The number of para-hydroxylation sites is 1. The average Bonchev–Trinajstić information content (AvgIpc) is 3.24. The quantitative estimate of drug-likeness (QED) is 0.429. The number of pyridine rings is 1. The Bertz CT molecular complexity index is 1340. The maximum Gasteiger partial charge on any atom is 0.282 e. The summed E-state index contributed by atoms with van der Waals surface area (Å²) >= 11 is 0. The van der Waals surface area contributed by atoms with Crippen LogP contribution in [0, 0.1) is 5.82 Å². The van der Waals surface area contributed by atoms with Gasteiger partial charge in [0.15, 0.2) is 0 Å². The van der Waals surface area contributed by atoms with Crippen LogP contribution in [-0.2, 0) is 11.3 Å². The molecule has 3 aliphatic heterocycles. The number of aromatic nitrogens is 3. The molecule has 180 valence electrons. The molecule has 0 bridgehead atoms. The maximum atomic E-state index is 13.6. The Morgan fingerprint density at radius 1 is 0.971 bits per heavy atom. The molecule has 1 saturated heterocycles. The number of hydrogen-bond acceptors (Lipinski definition) is 5. The van der Waals surface area contributed by atoms with Crippen LogP contribution in [-0.4, -0.2) is 65.1 Å². The number of hydrogen-bond donors (Lipinski definition) is 0. The van der Waals surface area contributed by atoms with Gasteiger partial charge in [-0.05, 0) is 36.4 Å². The van der Waals surface area contributed by atoms with Gasteiger partial charge in [-0.2, -0.15) is 9.78 Å². The molecule has 0 atom stereocenters. The lowest BCUT2D eigenvalue weighted by Gasteiger charge is -2.36. The first kappa shape index (κ1) is 22.8. The van der Waals surface area contributed by atoms with Crippen LogP contribution in [0.25, 0.3) is 16.9 Å². The monoisotopic (exact) mass is 475 g/mol. The van der Waals surface area contributed by atoms with Gasteiger partial charge in [-0.25, -0.2) is 4.39 Å². The van der Waals surface area contributed by atoms with Crippen LogP contribution in [0.15, 0.2) is 71.8 Å². The molecular formula is C26H26FN5O3. The smallest absolute Gasteiger partial charge is 0.282 e. The predicted molar refractivity (Wildman–Crippen MR) is 131 cm³/mol. The Kier molecular flexibility index (Phi) is 6.33. The van der Waals surface area contributed by atoms with Gasteiger partial charge >= 0.3 is 0 Å². The van der Waals surface area contributed by atoms with Crippen molar-refractivity contribution in [2.45, 2.75) is 6.54 Å². The minimum absolute atomic E-state index is 0.168. The minimum atomic E-state index is -0.273. The molecule has 0 saturated carbocycles. The van der Waals surface area contributed by atoms with E-state index in [-0.39, 0.29) is 17.3 Å². The van der Waals surface area contributed by atoms with E-state index in [2.05, 4.69) is 10.00 Å². The van der Waals surface area contributed by atoms with Gasteiger partial charge in [0, 0.05) is 57.9 Å². The zero-order chi connectivity index (χ0) is 24.4. The lowest BCUT2D eigenvalue weighted by atomic mass is 10.1. The number of methoxy groups -OCH3 is 1. The molecule has 5 rings (SSSR count). The molecule has 0 aliphatic carbocycles. The number of anilines is 1. The predicted octanol–water partition coefficient (Wildman–Crippen LogP) is 2.89. The molecule has 1 fully saturated rings. The highest BCUT2D eigenvalue weighted by Gasteiger charge is 2.29. The Balaban J connectivity index is 1.45. The molecular weight excluding hydrogens is 449 g/mol. The van der Waals surface area contributed by atoms with Gasteiger partial charge < -0.3 is 19.1 Å². The van der Waals surface area contributed by atoms with Crippen molar-refractivity contribution in [2.24, 2.45) is 0 Å². The first-order valence-corrected chi connectivity index (χ1v) is 11.5. The molecule has 3 heterocycles. The molecule has 9 heteroatoms. The molecule has 2 aromatic carbocycles. The van der Waals surface area contributed by atoms with E-state index in [0.29, 0.717) is 61.8 Å². The first-order valence-electron chi connectivity index (χ1n) is 11.5. The summed E-state index contributed by atoms with van der Waals surface area (Å²) in [5, 5.41) is 4.56. The third kappa shape index (κ3) is 4.54. The largest absolute Gasteiger partial charge is 0.383 e. The first-order chi connectivity index (χ1) is 17.0. The van der Waals surface area contributed by atoms with Crippen molar-refractivity contribution in [3.8, 4) is 16.9 Å². The van der Waals surface area contributed by atoms with Gasteiger partial charge in [0.2, 0.25) is 0 Å². The maximum absolute atomic E-state index is 13.6. The van der Waals surface area contributed by atoms with Crippen molar-refractivity contribution in [1.82, 2.24) is 19.2 Å². The third-order valence-corrected chi connectivity index (χ3v) is 6.27. The van der Waals surface area contributed by atoms with Gasteiger partial charge in [0.05, 0.1) is 23.4 Å². The zero-order valence-electron chi connectivity index (χ0n) is 19.4. The summed E-state index contributed by atoms with van der Waals surface area (Å²) in [7, 11) is 1.61. The van der Waals surface area contributed by atoms with Gasteiger partial charge in [-0.3, -0.25) is 9.59 Å². The normalized spacial score (nSPS) is 14.0. The molecule has 0 radical (unpaired) electrons. The van der Waals surface area contributed by atoms with E-state index in [9.17, 15) is 14.0 Å². The second-order valence-corrected chi connectivity index (χ2v) is 8.47. The molecule has 0 N–H and O–H groups in total. The second kappa shape index (κ2) is 9.71. The van der Waals surface area contributed by atoms with Crippen LogP contribution in [0.1, 0.15) is 10.4 Å². The van der Waals surface area contributed by atoms with Crippen LogP contribution in [0.4, 0.5) is 10.1 Å². The highest BCUT2D eigenvalue weighted by molar-refractivity contribution is 6.00. The number of carbonyl (C=O) groups excluding carboxylic acids is 1. The van der Waals surface area contributed by atoms with Crippen molar-refractivity contribution < 1.29 is 13.9 Å². The molecule has 0 aromatic heterocycles. The highest BCUT2D eigenvalue weighted by Crippen LogP contribution is 2.25. The van der Waals surface area contributed by atoms with Crippen molar-refractivity contribution in [2.75, 3.05) is 44.8 Å². The van der Waals surface area contributed by atoms with Gasteiger partial charge in [-0.1, -0.05) is 18.2 Å². The number of benzene rings is 2. The SMILES string of the molecule is COCCn1cc(C(=O)N2CCN(c3ccc(F)cc3)CC2)c2nn(-c3ccccc3)c(=O)c-2c1. The Morgan fingerprint density at radius 2 is 1.69 bits per heavy atom. The summed E-state index contributed by atoms with van der Waals surface area (Å²) in [6, 6.07) is 15.5. The lowest BCUT2D eigenvalue weighted by molar-refractivity contribution is 0.0746. The summed E-state index contributed by atoms with van der Waals surface area (Å²) in [6.45, 7) is 3.22. The highest BCUT2D eigenvalue weighted by atomic mass is 19.1. The van der Waals surface area contributed by atoms with Crippen LogP contribution in [0.5, 0.6) is 0 Å². The second-order valence-electron chi connectivity index (χ2n) is 8.47. The standard InChI is InChI=1S/C26H26FN5O3/c1-35-16-15-29-17-22(24-23(18-29)26(34)32(28-24)21-5-3-2-4-6-21)25(33)31-13-11-30(12-14-31)20-9-7-19(27)8-10-20/h2-10,17-18H,11-16H2,1H3. The number of rotatable bonds is 6. The molecule has 8 nitrogen and oxygen atoms in total. The molecule has 3 aliphatic rings. The fraction of sp³-hybridized carbons (Fsp3) is 0.269. The Labute approximate surface area is 202 Å². The van der Waals surface area contributed by atoms with Crippen molar-refractivity contribution >= 4 is 11.6 Å². The van der Waals surface area contributed by atoms with E-state index in [1.165, 1.54) is 16.8 Å². The summed E-state index contributed by atoms with van der Waals surface area (Å²) < 4.78 is 21.6. The number of ether oxygens (including phenoxy) is 1. The zero-order valence-corrected chi connectivity index (χ0v) is 19.4. The molecule has 35 heavy (non-hydrogen) atoms. The van der Waals surface area contributed by atoms with Crippen LogP contribution in [0.3, 0.4) is 0 Å². The average molecular weight is 476 g/mol. The van der Waals surface area contributed by atoms with Crippen molar-refractivity contribution in [3.05, 3.63) is 88.7 Å². The number of fused-ring (bicyclic) bond motifs is 1. The lowest BCUT2D eigenvalue weighted by Crippen LogP contribution is -2.49. The Morgan fingerprint density at radius 3 is 2.37 bits per heavy atom. The molecule has 0 unspecified atom stereocenters. The summed E-state index contributed by atoms with van der Waals surface area (Å²) in [5.74, 6) is -0.441. The van der Waals surface area contributed by atoms with Crippen molar-refractivity contribution in [1.29, 1.82) is 0 Å². The summed E-state index contributed by atoms with van der Waals surface area (Å²) in [4.78, 5) is 30.8. The summed E-state index contributed by atoms with van der Waals surface area (Å²) in [5.41, 5.74) is 2.46. The Hall–Kier alpha value is -3.98. The number of carbonyl (C=O) groups is 1. The van der Waals surface area contributed by atoms with E-state index >= 15 is 0 Å². The molecule has 2 aromatic rings. The third-order valence-electron chi connectivity index (χ3n) is 6.27. The van der Waals surface area contributed by atoms with Crippen molar-refractivity contribution in [3.63, 3.8) is 0 Å². The van der Waals surface area contributed by atoms with Gasteiger partial charge in [-0.15, -0.1) is 0 Å². The van der Waals surface area contributed by atoms with Crippen LogP contribution in [0.2, 0.25) is 0 Å². The minimum Gasteiger partial charge on any atom is -0.383 e. The number of piperazine rings is 1. The van der Waals surface area contributed by atoms with Gasteiger partial charge in [0.25, 0.3) is 11.5 Å².